The molecule has 0 radical (unpaired) electrons. The monoisotopic (exact) mass is 428 g/mol. The van der Waals surface area contributed by atoms with Crippen LogP contribution in [0.25, 0.3) is 0 Å². The molecule has 162 valence electrons. The predicted molar refractivity (Wildman–Crippen MR) is 123 cm³/mol. The maximum Gasteiger partial charge on any atom is 0.242 e. The lowest BCUT2D eigenvalue weighted by Crippen LogP contribution is -2.52. The summed E-state index contributed by atoms with van der Waals surface area (Å²) in [6.07, 6.45) is 0.364. The number of hydrogen-bond donors (Lipinski definition) is 1. The molecule has 2 aromatic rings. The molecule has 0 aliphatic carbocycles. The summed E-state index contributed by atoms with van der Waals surface area (Å²) < 4.78 is 5.21. The van der Waals surface area contributed by atoms with Crippen LogP contribution in [0.15, 0.2) is 59.5 Å². The van der Waals surface area contributed by atoms with E-state index in [-0.39, 0.29) is 17.4 Å². The zero-order chi connectivity index (χ0) is 22.1. The molecule has 6 heteroatoms. The highest BCUT2D eigenvalue weighted by Gasteiger charge is 2.28. The maximum absolute atomic E-state index is 13.1. The number of benzene rings is 2. The van der Waals surface area contributed by atoms with Crippen molar-refractivity contribution in [1.29, 1.82) is 0 Å². The first kappa shape index (κ1) is 23.8. The Morgan fingerprint density at radius 2 is 1.70 bits per heavy atom. The number of methoxy groups -OCH3 is 1. The van der Waals surface area contributed by atoms with Gasteiger partial charge in [-0.1, -0.05) is 30.3 Å². The summed E-state index contributed by atoms with van der Waals surface area (Å²) in [7, 11) is 1.62. The van der Waals surface area contributed by atoms with Crippen molar-refractivity contribution < 1.29 is 14.3 Å². The number of amides is 2. The van der Waals surface area contributed by atoms with E-state index in [2.05, 4.69) is 5.32 Å². The topological polar surface area (TPSA) is 58.6 Å². The van der Waals surface area contributed by atoms with Crippen molar-refractivity contribution in [1.82, 2.24) is 10.2 Å². The van der Waals surface area contributed by atoms with Gasteiger partial charge in [0.05, 0.1) is 7.11 Å². The number of ether oxygens (including phenoxy) is 1. The molecule has 0 heterocycles. The normalized spacial score (nSPS) is 12.2. The van der Waals surface area contributed by atoms with E-state index in [1.54, 1.807) is 30.7 Å². The first-order valence-electron chi connectivity index (χ1n) is 10.1. The van der Waals surface area contributed by atoms with Crippen LogP contribution in [0.5, 0.6) is 5.75 Å². The van der Waals surface area contributed by atoms with Crippen LogP contribution in [-0.2, 0) is 16.1 Å². The number of rotatable bonds is 9. The second-order valence-corrected chi connectivity index (χ2v) is 9.36. The van der Waals surface area contributed by atoms with Crippen LogP contribution in [0.2, 0.25) is 0 Å². The minimum Gasteiger partial charge on any atom is -0.497 e. The third-order valence-electron chi connectivity index (χ3n) is 4.51. The Morgan fingerprint density at radius 3 is 2.27 bits per heavy atom. The van der Waals surface area contributed by atoms with E-state index in [0.29, 0.717) is 18.7 Å². The van der Waals surface area contributed by atoms with E-state index in [1.165, 1.54) is 0 Å². The van der Waals surface area contributed by atoms with E-state index in [4.69, 9.17) is 4.74 Å². The fourth-order valence-corrected chi connectivity index (χ4v) is 3.76. The van der Waals surface area contributed by atoms with Gasteiger partial charge in [-0.2, -0.15) is 0 Å². The summed E-state index contributed by atoms with van der Waals surface area (Å²) in [5.41, 5.74) is 0.596. The first-order chi connectivity index (χ1) is 14.2. The summed E-state index contributed by atoms with van der Waals surface area (Å²) in [5, 5.41) is 2.98. The quantitative estimate of drug-likeness (QED) is 0.597. The van der Waals surface area contributed by atoms with Gasteiger partial charge in [0.15, 0.2) is 0 Å². The summed E-state index contributed by atoms with van der Waals surface area (Å²) in [4.78, 5) is 28.6. The Labute approximate surface area is 184 Å². The van der Waals surface area contributed by atoms with Crippen LogP contribution in [0.1, 0.15) is 39.7 Å². The molecule has 0 aliphatic rings. The third-order valence-corrected chi connectivity index (χ3v) is 5.52. The van der Waals surface area contributed by atoms with Gasteiger partial charge in [-0.3, -0.25) is 9.59 Å². The van der Waals surface area contributed by atoms with Crippen LogP contribution in [0.3, 0.4) is 0 Å². The fourth-order valence-electron chi connectivity index (χ4n) is 2.90. The Hall–Kier alpha value is -2.47. The Morgan fingerprint density at radius 1 is 1.07 bits per heavy atom. The highest BCUT2D eigenvalue weighted by atomic mass is 32.2. The third kappa shape index (κ3) is 7.75. The minimum atomic E-state index is -0.569. The molecule has 0 aliphatic heterocycles. The second-order valence-electron chi connectivity index (χ2n) is 8.20. The molecule has 2 aromatic carbocycles. The molecular weight excluding hydrogens is 396 g/mol. The second kappa shape index (κ2) is 11.1. The molecule has 2 amide bonds. The minimum absolute atomic E-state index is 0.0363. The summed E-state index contributed by atoms with van der Waals surface area (Å²) in [6.45, 7) is 7.96. The van der Waals surface area contributed by atoms with E-state index in [1.807, 2.05) is 75.4 Å². The molecule has 1 unspecified atom stereocenters. The van der Waals surface area contributed by atoms with Gasteiger partial charge in [0, 0.05) is 29.2 Å². The molecular formula is C24H32N2O3S. The van der Waals surface area contributed by atoms with Gasteiger partial charge in [0.1, 0.15) is 11.8 Å². The van der Waals surface area contributed by atoms with Gasteiger partial charge in [-0.25, -0.2) is 0 Å². The van der Waals surface area contributed by atoms with E-state index in [0.717, 1.165) is 16.2 Å². The lowest BCUT2D eigenvalue weighted by atomic mass is 10.1. The average molecular weight is 429 g/mol. The van der Waals surface area contributed by atoms with Crippen LogP contribution in [0.4, 0.5) is 0 Å². The van der Waals surface area contributed by atoms with Crippen LogP contribution < -0.4 is 10.1 Å². The molecule has 0 bridgehead atoms. The predicted octanol–water partition coefficient (Wildman–Crippen LogP) is 4.51. The Kier molecular flexibility index (Phi) is 8.78. The number of nitrogens with zero attached hydrogens (tertiary/aromatic N) is 1. The lowest BCUT2D eigenvalue weighted by molar-refractivity contribution is -0.140. The molecule has 0 saturated carbocycles. The Balaban J connectivity index is 2.09. The largest absolute Gasteiger partial charge is 0.497 e. The summed E-state index contributed by atoms with van der Waals surface area (Å²) in [6, 6.07) is 17.0. The first-order valence-corrected chi connectivity index (χ1v) is 11.1. The van der Waals surface area contributed by atoms with Gasteiger partial charge in [0.2, 0.25) is 11.8 Å². The van der Waals surface area contributed by atoms with E-state index < -0.39 is 6.04 Å². The number of hydrogen-bond acceptors (Lipinski definition) is 4. The number of thioether (sulfide) groups is 1. The van der Waals surface area contributed by atoms with Crippen molar-refractivity contribution in [2.75, 3.05) is 12.9 Å². The smallest absolute Gasteiger partial charge is 0.242 e. The van der Waals surface area contributed by atoms with Gasteiger partial charge < -0.3 is 15.0 Å². The lowest BCUT2D eigenvalue weighted by Gasteiger charge is -2.31. The molecule has 1 atom stereocenters. The molecule has 2 rings (SSSR count). The van der Waals surface area contributed by atoms with Crippen molar-refractivity contribution in [3.05, 3.63) is 60.2 Å². The van der Waals surface area contributed by atoms with Crippen molar-refractivity contribution in [3.63, 3.8) is 0 Å². The molecule has 1 N–H and O–H groups in total. The van der Waals surface area contributed by atoms with E-state index in [9.17, 15) is 9.59 Å². The van der Waals surface area contributed by atoms with Crippen molar-refractivity contribution in [3.8, 4) is 5.75 Å². The zero-order valence-electron chi connectivity index (χ0n) is 18.5. The molecule has 30 heavy (non-hydrogen) atoms. The van der Waals surface area contributed by atoms with E-state index >= 15 is 0 Å². The van der Waals surface area contributed by atoms with Gasteiger partial charge in [-0.15, -0.1) is 11.8 Å². The van der Waals surface area contributed by atoms with Crippen LogP contribution >= 0.6 is 11.8 Å². The maximum atomic E-state index is 13.1. The standard InChI is InChI=1S/C24H32N2O3S/c1-18(23(28)25-24(2,3)4)26(17-19-11-13-20(29-5)14-12-19)22(27)15-16-30-21-9-7-6-8-10-21/h6-14,18H,15-17H2,1-5H3,(H,25,28). The highest BCUT2D eigenvalue weighted by molar-refractivity contribution is 7.99. The Bertz CT molecular complexity index is 817. The molecule has 0 aromatic heterocycles. The molecule has 0 spiro atoms. The summed E-state index contributed by atoms with van der Waals surface area (Å²) in [5.74, 6) is 1.23. The summed E-state index contributed by atoms with van der Waals surface area (Å²) >= 11 is 1.64. The molecule has 5 nitrogen and oxygen atoms in total. The zero-order valence-corrected chi connectivity index (χ0v) is 19.3. The van der Waals surface area contributed by atoms with Gasteiger partial charge in [-0.05, 0) is 57.5 Å². The van der Waals surface area contributed by atoms with Gasteiger partial charge in [0.25, 0.3) is 0 Å². The number of carbonyl (C=O) groups excluding carboxylic acids is 2. The van der Waals surface area contributed by atoms with Crippen LogP contribution in [0, 0.1) is 0 Å². The number of carbonyl (C=O) groups is 2. The van der Waals surface area contributed by atoms with Crippen molar-refractivity contribution >= 4 is 23.6 Å². The number of nitrogens with one attached hydrogen (secondary N) is 1. The van der Waals surface area contributed by atoms with Crippen LogP contribution in [-0.4, -0.2) is 41.2 Å². The van der Waals surface area contributed by atoms with Crippen molar-refractivity contribution in [2.45, 2.75) is 57.1 Å². The average Bonchev–Trinajstić information content (AvgIpc) is 2.71. The van der Waals surface area contributed by atoms with Gasteiger partial charge >= 0.3 is 0 Å². The molecule has 0 fully saturated rings. The van der Waals surface area contributed by atoms with Crippen molar-refractivity contribution in [2.24, 2.45) is 0 Å². The SMILES string of the molecule is COc1ccc(CN(C(=O)CCSc2ccccc2)C(C)C(=O)NC(C)(C)C)cc1. The highest BCUT2D eigenvalue weighted by Crippen LogP contribution is 2.20. The fraction of sp³-hybridized carbons (Fsp3) is 0.417. The molecule has 0 saturated heterocycles.